The van der Waals surface area contributed by atoms with Crippen LogP contribution in [0, 0.1) is 0 Å². The molecule has 0 saturated heterocycles. The fourth-order valence-corrected chi connectivity index (χ4v) is 1.83. The molecule has 2 aromatic rings. The number of hydrogen-bond acceptors (Lipinski definition) is 8. The maximum atomic E-state index is 5.33. The van der Waals surface area contributed by atoms with Crippen LogP contribution < -0.4 is 24.3 Å². The Balaban J connectivity index is 1.72. The van der Waals surface area contributed by atoms with E-state index in [9.17, 15) is 0 Å². The monoisotopic (exact) mass is 290 g/mol. The number of ether oxygens (including phenoxy) is 4. The summed E-state index contributed by atoms with van der Waals surface area (Å²) in [5.41, 5.74) is 1.01. The summed E-state index contributed by atoms with van der Waals surface area (Å²) in [4.78, 5) is 12.1. The van der Waals surface area contributed by atoms with E-state index in [1.54, 1.807) is 0 Å². The highest BCUT2D eigenvalue weighted by Crippen LogP contribution is 2.32. The van der Waals surface area contributed by atoms with Crippen molar-refractivity contribution in [3.05, 3.63) is 23.8 Å². The molecule has 1 aromatic heterocycles. The standard InChI is InChI=1S/C13H14N4O4/c1-18-12-15-11(16-13(17-12)19-2)14-6-8-3-4-9-10(5-8)21-7-20-9/h3-5H,6-7H2,1-2H3,(H,14,15,16,17). The fraction of sp³-hybridized carbons (Fsp3) is 0.308. The normalized spacial score (nSPS) is 12.1. The van der Waals surface area contributed by atoms with Crippen molar-refractivity contribution in [2.75, 3.05) is 26.3 Å². The summed E-state index contributed by atoms with van der Waals surface area (Å²) < 4.78 is 20.6. The lowest BCUT2D eigenvalue weighted by Gasteiger charge is -2.08. The lowest BCUT2D eigenvalue weighted by Crippen LogP contribution is -2.07. The Morgan fingerprint density at radius 2 is 1.76 bits per heavy atom. The zero-order valence-electron chi connectivity index (χ0n) is 11.6. The molecule has 1 aromatic carbocycles. The van der Waals surface area contributed by atoms with Gasteiger partial charge in [0.05, 0.1) is 14.2 Å². The molecule has 21 heavy (non-hydrogen) atoms. The molecule has 0 radical (unpaired) electrons. The highest BCUT2D eigenvalue weighted by molar-refractivity contribution is 5.45. The van der Waals surface area contributed by atoms with Crippen LogP contribution in [0.15, 0.2) is 18.2 Å². The smallest absolute Gasteiger partial charge is 0.324 e. The van der Waals surface area contributed by atoms with Gasteiger partial charge in [0.25, 0.3) is 0 Å². The third-order valence-electron chi connectivity index (χ3n) is 2.85. The Morgan fingerprint density at radius 1 is 1.05 bits per heavy atom. The van der Waals surface area contributed by atoms with Gasteiger partial charge in [0, 0.05) is 6.54 Å². The Labute approximate surface area is 121 Å². The van der Waals surface area contributed by atoms with Gasteiger partial charge < -0.3 is 24.3 Å². The molecule has 0 aliphatic carbocycles. The largest absolute Gasteiger partial charge is 0.467 e. The van der Waals surface area contributed by atoms with Gasteiger partial charge in [0.2, 0.25) is 12.7 Å². The summed E-state index contributed by atoms with van der Waals surface area (Å²) in [6, 6.07) is 6.10. The molecule has 0 unspecified atom stereocenters. The number of nitrogens with zero attached hydrogens (tertiary/aromatic N) is 3. The van der Waals surface area contributed by atoms with Gasteiger partial charge in [-0.3, -0.25) is 0 Å². The molecule has 1 aliphatic heterocycles. The molecule has 8 heteroatoms. The minimum Gasteiger partial charge on any atom is -0.467 e. The third-order valence-corrected chi connectivity index (χ3v) is 2.85. The molecule has 0 spiro atoms. The molecule has 1 aliphatic rings. The van der Waals surface area contributed by atoms with Crippen LogP contribution in [0.5, 0.6) is 23.5 Å². The van der Waals surface area contributed by atoms with Crippen LogP contribution >= 0.6 is 0 Å². The molecule has 110 valence electrons. The molecular weight excluding hydrogens is 276 g/mol. The van der Waals surface area contributed by atoms with Crippen molar-refractivity contribution in [2.24, 2.45) is 0 Å². The number of nitrogens with one attached hydrogen (secondary N) is 1. The van der Waals surface area contributed by atoms with E-state index < -0.39 is 0 Å². The summed E-state index contributed by atoms with van der Waals surface area (Å²) >= 11 is 0. The lowest BCUT2D eigenvalue weighted by atomic mass is 10.2. The predicted octanol–water partition coefficient (Wildman–Crippen LogP) is 1.23. The molecule has 2 heterocycles. The first-order valence-corrected chi connectivity index (χ1v) is 6.25. The predicted molar refractivity (Wildman–Crippen MR) is 72.8 cm³/mol. The Bertz CT molecular complexity index is 628. The molecule has 0 fully saturated rings. The first-order valence-electron chi connectivity index (χ1n) is 6.25. The maximum absolute atomic E-state index is 5.33. The molecule has 0 bridgehead atoms. The molecule has 0 amide bonds. The number of anilines is 1. The average molecular weight is 290 g/mol. The van der Waals surface area contributed by atoms with Crippen molar-refractivity contribution >= 4 is 5.95 Å². The quantitative estimate of drug-likeness (QED) is 0.879. The summed E-state index contributed by atoms with van der Waals surface area (Å²) in [7, 11) is 2.97. The number of fused-ring (bicyclic) bond motifs is 1. The van der Waals surface area contributed by atoms with Crippen molar-refractivity contribution in [2.45, 2.75) is 6.54 Å². The number of hydrogen-bond donors (Lipinski definition) is 1. The van der Waals surface area contributed by atoms with E-state index in [4.69, 9.17) is 18.9 Å². The molecule has 0 saturated carbocycles. The van der Waals surface area contributed by atoms with Crippen molar-refractivity contribution < 1.29 is 18.9 Å². The SMILES string of the molecule is COc1nc(NCc2ccc3c(c2)OCO3)nc(OC)n1. The Kier molecular flexibility index (Phi) is 3.59. The van der Waals surface area contributed by atoms with Crippen LogP contribution in [0.4, 0.5) is 5.95 Å². The topological polar surface area (TPSA) is 87.6 Å². The fourth-order valence-electron chi connectivity index (χ4n) is 1.83. The highest BCUT2D eigenvalue weighted by Gasteiger charge is 2.13. The number of benzene rings is 1. The first-order chi connectivity index (χ1) is 10.3. The van der Waals surface area contributed by atoms with Crippen LogP contribution in [0.25, 0.3) is 0 Å². The van der Waals surface area contributed by atoms with E-state index in [0.717, 1.165) is 17.1 Å². The zero-order valence-corrected chi connectivity index (χ0v) is 11.6. The van der Waals surface area contributed by atoms with E-state index in [1.807, 2.05) is 18.2 Å². The summed E-state index contributed by atoms with van der Waals surface area (Å²) in [6.07, 6.45) is 0. The third kappa shape index (κ3) is 2.88. The van der Waals surface area contributed by atoms with Gasteiger partial charge >= 0.3 is 12.0 Å². The van der Waals surface area contributed by atoms with Crippen molar-refractivity contribution in [3.8, 4) is 23.5 Å². The van der Waals surface area contributed by atoms with Crippen molar-refractivity contribution in [1.82, 2.24) is 15.0 Å². The van der Waals surface area contributed by atoms with Crippen LogP contribution in [-0.2, 0) is 6.54 Å². The molecule has 1 N–H and O–H groups in total. The van der Waals surface area contributed by atoms with Gasteiger partial charge in [-0.25, -0.2) is 0 Å². The van der Waals surface area contributed by atoms with E-state index >= 15 is 0 Å². The van der Waals surface area contributed by atoms with Gasteiger partial charge in [-0.1, -0.05) is 6.07 Å². The summed E-state index contributed by atoms with van der Waals surface area (Å²) in [6.45, 7) is 0.779. The average Bonchev–Trinajstić information content (AvgIpc) is 3.00. The second-order valence-electron chi connectivity index (χ2n) is 4.17. The second-order valence-corrected chi connectivity index (χ2v) is 4.17. The summed E-state index contributed by atoms with van der Waals surface area (Å²) in [5.74, 6) is 1.86. The van der Waals surface area contributed by atoms with Gasteiger partial charge in [-0.15, -0.1) is 4.98 Å². The number of rotatable bonds is 5. The van der Waals surface area contributed by atoms with Crippen LogP contribution in [0.3, 0.4) is 0 Å². The number of aromatic nitrogens is 3. The second kappa shape index (κ2) is 5.70. The maximum Gasteiger partial charge on any atom is 0.324 e. The van der Waals surface area contributed by atoms with E-state index in [1.165, 1.54) is 14.2 Å². The Morgan fingerprint density at radius 3 is 2.48 bits per heavy atom. The zero-order chi connectivity index (χ0) is 14.7. The van der Waals surface area contributed by atoms with Gasteiger partial charge in [-0.05, 0) is 17.7 Å². The molecular formula is C13H14N4O4. The highest BCUT2D eigenvalue weighted by atomic mass is 16.7. The van der Waals surface area contributed by atoms with Crippen molar-refractivity contribution in [1.29, 1.82) is 0 Å². The summed E-state index contributed by atoms with van der Waals surface area (Å²) in [5, 5.41) is 3.08. The van der Waals surface area contributed by atoms with E-state index in [0.29, 0.717) is 12.5 Å². The minimum atomic E-state index is 0.190. The van der Waals surface area contributed by atoms with Gasteiger partial charge in [-0.2, -0.15) is 9.97 Å². The molecule has 3 rings (SSSR count). The van der Waals surface area contributed by atoms with Crippen LogP contribution in [0.2, 0.25) is 0 Å². The van der Waals surface area contributed by atoms with Gasteiger partial charge in [0.1, 0.15) is 0 Å². The van der Waals surface area contributed by atoms with Gasteiger partial charge in [0.15, 0.2) is 11.5 Å². The van der Waals surface area contributed by atoms with E-state index in [-0.39, 0.29) is 18.8 Å². The Hall–Kier alpha value is -2.77. The molecule has 8 nitrogen and oxygen atoms in total. The number of methoxy groups -OCH3 is 2. The first kappa shape index (κ1) is 13.2. The lowest BCUT2D eigenvalue weighted by molar-refractivity contribution is 0.174. The van der Waals surface area contributed by atoms with Crippen LogP contribution in [-0.4, -0.2) is 36.0 Å². The van der Waals surface area contributed by atoms with Crippen LogP contribution in [0.1, 0.15) is 5.56 Å². The minimum absolute atomic E-state index is 0.190. The molecule has 0 atom stereocenters. The van der Waals surface area contributed by atoms with E-state index in [2.05, 4.69) is 20.3 Å². The van der Waals surface area contributed by atoms with Crippen molar-refractivity contribution in [3.63, 3.8) is 0 Å².